The highest BCUT2D eigenvalue weighted by Crippen LogP contribution is 2.13. The van der Waals surface area contributed by atoms with E-state index in [9.17, 15) is 21.6 Å². The van der Waals surface area contributed by atoms with E-state index in [-0.39, 0.29) is 11.7 Å². The number of hydrogen-bond acceptors (Lipinski definition) is 3. The van der Waals surface area contributed by atoms with Gasteiger partial charge in [-0.3, -0.25) is 4.84 Å². The third-order valence-electron chi connectivity index (χ3n) is 0.974. The molecule has 0 spiro atoms. The van der Waals surface area contributed by atoms with Gasteiger partial charge in [0.15, 0.2) is 6.61 Å². The van der Waals surface area contributed by atoms with E-state index in [1.54, 1.807) is 13.8 Å². The molecule has 0 saturated heterocycles. The average molecular weight is 235 g/mol. The van der Waals surface area contributed by atoms with Crippen molar-refractivity contribution in [2.75, 3.05) is 12.4 Å². The van der Waals surface area contributed by atoms with E-state index in [2.05, 4.69) is 4.84 Å². The summed E-state index contributed by atoms with van der Waals surface area (Å²) in [6.07, 6.45) is -4.54. The quantitative estimate of drug-likeness (QED) is 0.725. The van der Waals surface area contributed by atoms with Crippen molar-refractivity contribution >= 4 is 10.0 Å². The number of halogens is 3. The maximum Gasteiger partial charge on any atom is 0.413 e. The van der Waals surface area contributed by atoms with Crippen LogP contribution in [0, 0.1) is 5.92 Å². The fraction of sp³-hybridized carbons (Fsp3) is 1.00. The Balaban J connectivity index is 3.90. The van der Waals surface area contributed by atoms with Gasteiger partial charge in [-0.25, -0.2) is 8.42 Å². The van der Waals surface area contributed by atoms with Gasteiger partial charge in [0.05, 0.1) is 5.75 Å². The van der Waals surface area contributed by atoms with Gasteiger partial charge in [0.2, 0.25) is 10.0 Å². The van der Waals surface area contributed by atoms with Crippen LogP contribution in [0.2, 0.25) is 0 Å². The molecule has 1 N–H and O–H groups in total. The van der Waals surface area contributed by atoms with Crippen LogP contribution in [-0.2, 0) is 14.9 Å². The van der Waals surface area contributed by atoms with Crippen molar-refractivity contribution < 1.29 is 26.4 Å². The van der Waals surface area contributed by atoms with Crippen LogP contribution in [0.5, 0.6) is 0 Å². The molecule has 0 aromatic heterocycles. The van der Waals surface area contributed by atoms with Crippen LogP contribution in [0.15, 0.2) is 0 Å². The van der Waals surface area contributed by atoms with E-state index in [4.69, 9.17) is 0 Å². The number of alkyl halides is 3. The lowest BCUT2D eigenvalue weighted by Gasteiger charge is -2.10. The molecule has 0 aromatic carbocycles. The van der Waals surface area contributed by atoms with Gasteiger partial charge >= 0.3 is 6.18 Å². The van der Waals surface area contributed by atoms with Gasteiger partial charge in [-0.2, -0.15) is 13.2 Å². The fourth-order valence-corrected chi connectivity index (χ4v) is 1.86. The summed E-state index contributed by atoms with van der Waals surface area (Å²) in [5.41, 5.74) is 0. The minimum absolute atomic E-state index is 0.179. The molecule has 0 atom stereocenters. The molecule has 0 heterocycles. The molecule has 0 aromatic rings. The Bertz CT molecular complexity index is 260. The summed E-state index contributed by atoms with van der Waals surface area (Å²) < 4.78 is 56.4. The molecule has 0 aliphatic carbocycles. The van der Waals surface area contributed by atoms with Gasteiger partial charge in [0, 0.05) is 0 Å². The van der Waals surface area contributed by atoms with Crippen LogP contribution >= 0.6 is 0 Å². The van der Waals surface area contributed by atoms with E-state index in [1.807, 2.05) is 0 Å². The van der Waals surface area contributed by atoms with E-state index >= 15 is 0 Å². The van der Waals surface area contributed by atoms with Crippen molar-refractivity contribution in [1.29, 1.82) is 0 Å². The zero-order chi connectivity index (χ0) is 11.4. The molecule has 0 unspecified atom stereocenters. The van der Waals surface area contributed by atoms with Crippen LogP contribution in [0.4, 0.5) is 13.2 Å². The Morgan fingerprint density at radius 3 is 2.21 bits per heavy atom. The van der Waals surface area contributed by atoms with Gasteiger partial charge in [-0.05, 0) is 5.92 Å². The molecule has 0 radical (unpaired) electrons. The second kappa shape index (κ2) is 4.94. The van der Waals surface area contributed by atoms with Crippen molar-refractivity contribution in [3.63, 3.8) is 0 Å². The molecular formula is C6H12F3NO3S. The Labute approximate surface area is 80.4 Å². The minimum atomic E-state index is -4.54. The molecule has 0 aliphatic rings. The summed E-state index contributed by atoms with van der Waals surface area (Å²) in [7, 11) is -3.78. The SMILES string of the molecule is CC(C)CS(=O)(=O)NOCC(F)(F)F. The first-order chi connectivity index (χ1) is 6.12. The Hall–Kier alpha value is -0.340. The highest BCUT2D eigenvalue weighted by atomic mass is 32.2. The Morgan fingerprint density at radius 1 is 1.36 bits per heavy atom. The van der Waals surface area contributed by atoms with Crippen molar-refractivity contribution in [3.05, 3.63) is 0 Å². The molecule has 0 bridgehead atoms. The molecule has 0 amide bonds. The fourth-order valence-electron chi connectivity index (χ4n) is 0.674. The highest BCUT2D eigenvalue weighted by Gasteiger charge is 2.28. The summed E-state index contributed by atoms with van der Waals surface area (Å²) in [5.74, 6) is -0.452. The van der Waals surface area contributed by atoms with Crippen LogP contribution in [0.3, 0.4) is 0 Å². The highest BCUT2D eigenvalue weighted by molar-refractivity contribution is 7.89. The normalized spacial score (nSPS) is 13.6. The van der Waals surface area contributed by atoms with Crippen molar-refractivity contribution in [1.82, 2.24) is 4.89 Å². The molecule has 4 nitrogen and oxygen atoms in total. The molecule has 0 saturated carbocycles. The lowest BCUT2D eigenvalue weighted by atomic mass is 10.3. The van der Waals surface area contributed by atoms with Crippen LogP contribution in [0.25, 0.3) is 0 Å². The number of sulfonamides is 1. The minimum Gasteiger partial charge on any atom is -0.278 e. The third-order valence-corrected chi connectivity index (χ3v) is 2.45. The van der Waals surface area contributed by atoms with E-state index in [0.29, 0.717) is 0 Å². The first-order valence-electron chi connectivity index (χ1n) is 3.80. The Morgan fingerprint density at radius 2 is 1.86 bits per heavy atom. The molecule has 0 aliphatic heterocycles. The maximum absolute atomic E-state index is 11.5. The zero-order valence-corrected chi connectivity index (χ0v) is 8.57. The topological polar surface area (TPSA) is 55.4 Å². The van der Waals surface area contributed by atoms with Crippen LogP contribution < -0.4 is 4.89 Å². The molecule has 8 heteroatoms. The summed E-state index contributed by atoms with van der Waals surface area (Å²) in [6.45, 7) is 1.62. The van der Waals surface area contributed by atoms with Crippen molar-refractivity contribution in [3.8, 4) is 0 Å². The molecular weight excluding hydrogens is 223 g/mol. The largest absolute Gasteiger partial charge is 0.413 e. The molecule has 86 valence electrons. The number of rotatable bonds is 5. The molecule has 0 fully saturated rings. The standard InChI is InChI=1S/C6H12F3NO3S/c1-5(2)3-14(11,12)10-13-4-6(7,8)9/h5,10H,3-4H2,1-2H3. The summed E-state index contributed by atoms with van der Waals surface area (Å²) in [6, 6.07) is 0. The van der Waals surface area contributed by atoms with Crippen molar-refractivity contribution in [2.24, 2.45) is 5.92 Å². The first kappa shape index (κ1) is 13.7. The summed E-state index contributed by atoms with van der Waals surface area (Å²) in [5, 5.41) is 0. The zero-order valence-electron chi connectivity index (χ0n) is 7.76. The lowest BCUT2D eigenvalue weighted by Crippen LogP contribution is -2.32. The van der Waals surface area contributed by atoms with Gasteiger partial charge in [0.25, 0.3) is 0 Å². The van der Waals surface area contributed by atoms with Gasteiger partial charge in [-0.15, -0.1) is 0 Å². The van der Waals surface area contributed by atoms with E-state index in [1.165, 1.54) is 4.89 Å². The maximum atomic E-state index is 11.5. The monoisotopic (exact) mass is 235 g/mol. The van der Waals surface area contributed by atoms with Gasteiger partial charge in [-0.1, -0.05) is 18.7 Å². The lowest BCUT2D eigenvalue weighted by molar-refractivity contribution is -0.181. The van der Waals surface area contributed by atoms with Gasteiger partial charge in [0.1, 0.15) is 0 Å². The van der Waals surface area contributed by atoms with Crippen molar-refractivity contribution in [2.45, 2.75) is 20.0 Å². The third kappa shape index (κ3) is 8.27. The predicted octanol–water partition coefficient (Wildman–Crippen LogP) is 1.06. The number of hydrogen-bond donors (Lipinski definition) is 1. The predicted molar refractivity (Wildman–Crippen MR) is 43.8 cm³/mol. The second-order valence-electron chi connectivity index (χ2n) is 3.16. The van der Waals surface area contributed by atoms with Crippen LogP contribution in [-0.4, -0.2) is 27.0 Å². The average Bonchev–Trinajstić information content (AvgIpc) is 1.78. The second-order valence-corrected chi connectivity index (χ2v) is 4.89. The summed E-state index contributed by atoms with van der Waals surface area (Å²) in [4.78, 5) is 5.20. The first-order valence-corrected chi connectivity index (χ1v) is 5.45. The molecule has 14 heavy (non-hydrogen) atoms. The van der Waals surface area contributed by atoms with E-state index < -0.39 is 22.8 Å². The smallest absolute Gasteiger partial charge is 0.278 e. The molecule has 0 rings (SSSR count). The van der Waals surface area contributed by atoms with Gasteiger partial charge < -0.3 is 0 Å². The summed E-state index contributed by atoms with van der Waals surface area (Å²) >= 11 is 0. The van der Waals surface area contributed by atoms with Crippen LogP contribution in [0.1, 0.15) is 13.8 Å². The van der Waals surface area contributed by atoms with E-state index in [0.717, 1.165) is 0 Å². The number of nitrogens with one attached hydrogen (secondary N) is 1. The Kier molecular flexibility index (Phi) is 4.82.